The van der Waals surface area contributed by atoms with Gasteiger partial charge >= 0.3 is 0 Å². The van der Waals surface area contributed by atoms with E-state index in [-0.39, 0.29) is 17.9 Å². The third-order valence-corrected chi connectivity index (χ3v) is 4.67. The number of carbonyl (C=O) groups excluding carboxylic acids is 1. The Morgan fingerprint density at radius 3 is 3.17 bits per heavy atom. The van der Waals surface area contributed by atoms with Crippen molar-refractivity contribution in [3.63, 3.8) is 0 Å². The number of amides is 1. The molecule has 2 saturated heterocycles. The van der Waals surface area contributed by atoms with Crippen LogP contribution < -0.4 is 0 Å². The van der Waals surface area contributed by atoms with Crippen LogP contribution >= 0.6 is 0 Å². The quantitative estimate of drug-likeness (QED) is 0.753. The van der Waals surface area contributed by atoms with E-state index in [0.717, 1.165) is 12.2 Å². The van der Waals surface area contributed by atoms with Crippen LogP contribution in [0.5, 0.6) is 0 Å². The lowest BCUT2D eigenvalue weighted by Crippen LogP contribution is -2.38. The van der Waals surface area contributed by atoms with Gasteiger partial charge in [0.15, 0.2) is 0 Å². The van der Waals surface area contributed by atoms with Crippen LogP contribution in [0, 0.1) is 11.3 Å². The first-order valence-corrected chi connectivity index (χ1v) is 8.14. The number of fused-ring (bicyclic) bond motifs is 1. The van der Waals surface area contributed by atoms with Crippen LogP contribution in [-0.4, -0.2) is 61.9 Å². The largest absolute Gasteiger partial charge is 0.380 e. The Hall–Kier alpha value is -1.50. The number of rotatable bonds is 7. The molecule has 126 valence electrons. The van der Waals surface area contributed by atoms with Gasteiger partial charge in [0.05, 0.1) is 32.1 Å². The molecule has 3 heterocycles. The summed E-state index contributed by atoms with van der Waals surface area (Å²) in [6.45, 7) is 6.47. The summed E-state index contributed by atoms with van der Waals surface area (Å²) in [5.41, 5.74) is 0.832. The first-order valence-electron chi connectivity index (χ1n) is 8.14. The van der Waals surface area contributed by atoms with Gasteiger partial charge < -0.3 is 19.1 Å². The molecule has 2 aliphatic heterocycles. The lowest BCUT2D eigenvalue weighted by atomic mass is 9.82. The van der Waals surface area contributed by atoms with Gasteiger partial charge in [0.25, 0.3) is 0 Å². The Labute approximate surface area is 136 Å². The van der Waals surface area contributed by atoms with Gasteiger partial charge in [-0.2, -0.15) is 0 Å². The summed E-state index contributed by atoms with van der Waals surface area (Å²) >= 11 is 0. The second-order valence-electron chi connectivity index (χ2n) is 6.30. The molecule has 1 aromatic rings. The molecule has 3 rings (SSSR count). The molecule has 1 aromatic heterocycles. The number of hydrogen-bond donors (Lipinski definition) is 0. The Balaban J connectivity index is 1.55. The van der Waals surface area contributed by atoms with Crippen LogP contribution in [0.1, 0.15) is 12.6 Å². The molecule has 1 amide bonds. The van der Waals surface area contributed by atoms with Crippen molar-refractivity contribution < 1.29 is 19.0 Å². The number of hydrogen-bond acceptors (Lipinski definition) is 5. The molecular formula is C17H24N2O4. The zero-order chi connectivity index (χ0) is 16.1. The van der Waals surface area contributed by atoms with Gasteiger partial charge in [-0.1, -0.05) is 6.07 Å². The van der Waals surface area contributed by atoms with Gasteiger partial charge in [0.1, 0.15) is 6.61 Å². The van der Waals surface area contributed by atoms with Crippen molar-refractivity contribution in [3.8, 4) is 0 Å². The summed E-state index contributed by atoms with van der Waals surface area (Å²) < 4.78 is 16.8. The fourth-order valence-corrected chi connectivity index (χ4v) is 3.35. The van der Waals surface area contributed by atoms with E-state index in [1.54, 1.807) is 6.20 Å². The third-order valence-electron chi connectivity index (χ3n) is 4.67. The lowest BCUT2D eigenvalue weighted by Gasteiger charge is -2.26. The van der Waals surface area contributed by atoms with Crippen molar-refractivity contribution in [2.24, 2.45) is 11.3 Å². The number of nitrogens with zero attached hydrogens (tertiary/aromatic N) is 2. The summed E-state index contributed by atoms with van der Waals surface area (Å²) in [5, 5.41) is 0. The van der Waals surface area contributed by atoms with E-state index in [2.05, 4.69) is 4.98 Å². The molecule has 0 bridgehead atoms. The smallest absolute Gasteiger partial charge is 0.248 e. The predicted molar refractivity (Wildman–Crippen MR) is 83.7 cm³/mol. The van der Waals surface area contributed by atoms with Crippen LogP contribution in [0.2, 0.25) is 0 Å². The summed E-state index contributed by atoms with van der Waals surface area (Å²) in [6, 6.07) is 5.80. The van der Waals surface area contributed by atoms with Crippen LogP contribution in [0.15, 0.2) is 24.4 Å². The highest BCUT2D eigenvalue weighted by Gasteiger charge is 2.51. The molecule has 6 heteroatoms. The second kappa shape index (κ2) is 7.38. The first kappa shape index (κ1) is 16.4. The molecule has 0 saturated carbocycles. The van der Waals surface area contributed by atoms with Gasteiger partial charge in [-0.25, -0.2) is 0 Å². The monoisotopic (exact) mass is 320 g/mol. The van der Waals surface area contributed by atoms with E-state index in [0.29, 0.717) is 45.5 Å². The summed E-state index contributed by atoms with van der Waals surface area (Å²) in [7, 11) is 0. The zero-order valence-corrected chi connectivity index (χ0v) is 13.6. The molecule has 2 aliphatic rings. The SMILES string of the molecule is CCOCC(=O)N1C[C@H]2COC[C@@]2(COCc2ccccn2)C1. The van der Waals surface area contributed by atoms with Gasteiger partial charge in [-0.15, -0.1) is 0 Å². The minimum Gasteiger partial charge on any atom is -0.380 e. The molecule has 0 aliphatic carbocycles. The molecule has 2 atom stereocenters. The highest BCUT2D eigenvalue weighted by molar-refractivity contribution is 5.78. The van der Waals surface area contributed by atoms with E-state index in [1.807, 2.05) is 30.0 Å². The van der Waals surface area contributed by atoms with Crippen molar-refractivity contribution in [3.05, 3.63) is 30.1 Å². The second-order valence-corrected chi connectivity index (χ2v) is 6.30. The zero-order valence-electron chi connectivity index (χ0n) is 13.6. The molecule has 0 unspecified atom stereocenters. The fourth-order valence-electron chi connectivity index (χ4n) is 3.35. The highest BCUT2D eigenvalue weighted by Crippen LogP contribution is 2.41. The van der Waals surface area contributed by atoms with Crippen LogP contribution in [0.3, 0.4) is 0 Å². The maximum Gasteiger partial charge on any atom is 0.248 e. The van der Waals surface area contributed by atoms with E-state index in [9.17, 15) is 4.79 Å². The number of ether oxygens (including phenoxy) is 3. The van der Waals surface area contributed by atoms with E-state index >= 15 is 0 Å². The van der Waals surface area contributed by atoms with Gasteiger partial charge in [-0.3, -0.25) is 9.78 Å². The van der Waals surface area contributed by atoms with Crippen molar-refractivity contribution in [1.29, 1.82) is 0 Å². The molecule has 0 radical (unpaired) electrons. The Bertz CT molecular complexity index is 525. The first-order chi connectivity index (χ1) is 11.2. The van der Waals surface area contributed by atoms with Gasteiger partial charge in [0, 0.05) is 37.2 Å². The summed E-state index contributed by atoms with van der Waals surface area (Å²) in [5.74, 6) is 0.405. The number of carbonyl (C=O) groups is 1. The minimum atomic E-state index is -0.0867. The third kappa shape index (κ3) is 3.71. The molecule has 2 fully saturated rings. The summed E-state index contributed by atoms with van der Waals surface area (Å²) in [4.78, 5) is 18.3. The van der Waals surface area contributed by atoms with Gasteiger partial charge in [-0.05, 0) is 19.1 Å². The van der Waals surface area contributed by atoms with Crippen LogP contribution in [-0.2, 0) is 25.6 Å². The van der Waals surface area contributed by atoms with Gasteiger partial charge in [0.2, 0.25) is 5.91 Å². The maximum absolute atomic E-state index is 12.2. The number of pyridine rings is 1. The fraction of sp³-hybridized carbons (Fsp3) is 0.647. The number of likely N-dealkylation sites (tertiary alicyclic amines) is 1. The van der Waals surface area contributed by atoms with Crippen LogP contribution in [0.25, 0.3) is 0 Å². The molecular weight excluding hydrogens is 296 g/mol. The summed E-state index contributed by atoms with van der Waals surface area (Å²) in [6.07, 6.45) is 1.77. The average Bonchev–Trinajstić information content (AvgIpc) is 3.10. The van der Waals surface area contributed by atoms with Crippen LogP contribution in [0.4, 0.5) is 0 Å². The average molecular weight is 320 g/mol. The van der Waals surface area contributed by atoms with Crippen molar-refractivity contribution in [1.82, 2.24) is 9.88 Å². The van der Waals surface area contributed by atoms with E-state index < -0.39 is 0 Å². The molecule has 23 heavy (non-hydrogen) atoms. The van der Waals surface area contributed by atoms with E-state index in [4.69, 9.17) is 14.2 Å². The maximum atomic E-state index is 12.2. The van der Waals surface area contributed by atoms with Crippen molar-refractivity contribution >= 4 is 5.91 Å². The topological polar surface area (TPSA) is 60.9 Å². The molecule has 0 spiro atoms. The van der Waals surface area contributed by atoms with Crippen molar-refractivity contribution in [2.75, 3.05) is 46.1 Å². The molecule has 0 aromatic carbocycles. The molecule has 6 nitrogen and oxygen atoms in total. The Morgan fingerprint density at radius 2 is 2.39 bits per heavy atom. The normalized spacial score (nSPS) is 26.5. The highest BCUT2D eigenvalue weighted by atomic mass is 16.5. The Morgan fingerprint density at radius 1 is 1.48 bits per heavy atom. The predicted octanol–water partition coefficient (Wildman–Crippen LogP) is 1.11. The number of aromatic nitrogens is 1. The van der Waals surface area contributed by atoms with E-state index in [1.165, 1.54) is 0 Å². The standard InChI is InChI=1S/C17H24N2O4/c1-2-21-10-16(20)19-7-14-8-22-12-17(14,11-19)13-23-9-15-5-3-4-6-18-15/h3-6,14H,2,7-13H2,1H3/t14-,17+/m0/s1. The Kier molecular flexibility index (Phi) is 5.25. The van der Waals surface area contributed by atoms with Crippen molar-refractivity contribution in [2.45, 2.75) is 13.5 Å². The molecule has 0 N–H and O–H groups in total. The minimum absolute atomic E-state index is 0.0605. The lowest BCUT2D eigenvalue weighted by molar-refractivity contribution is -0.136.